The lowest BCUT2D eigenvalue weighted by molar-refractivity contribution is -0.870. The summed E-state index contributed by atoms with van der Waals surface area (Å²) in [7, 11) is 13.8. The summed E-state index contributed by atoms with van der Waals surface area (Å²) >= 11 is 0. The van der Waals surface area contributed by atoms with Gasteiger partial charge in [0.15, 0.2) is 0 Å². The van der Waals surface area contributed by atoms with Crippen molar-refractivity contribution in [3.05, 3.63) is 0 Å². The molecule has 0 bridgehead atoms. The van der Waals surface area contributed by atoms with E-state index in [1.807, 2.05) is 0 Å². The molecule has 0 aliphatic rings. The molecule has 0 aromatic heterocycles. The third-order valence-corrected chi connectivity index (χ3v) is 10.1. The minimum atomic E-state index is -0.759. The van der Waals surface area contributed by atoms with Gasteiger partial charge in [0.1, 0.15) is 0 Å². The molecule has 2 N–H and O–H groups in total. The van der Waals surface area contributed by atoms with Gasteiger partial charge in [0.05, 0.1) is 55.4 Å². The number of unbranched alkanes of at least 4 members (excludes halogenated alkanes) is 30. The van der Waals surface area contributed by atoms with Crippen molar-refractivity contribution >= 4 is 11.9 Å². The molecule has 0 aliphatic heterocycles. The van der Waals surface area contributed by atoms with Gasteiger partial charge in [0.25, 0.3) is 0 Å². The molecule has 0 aromatic carbocycles. The van der Waals surface area contributed by atoms with Crippen LogP contribution in [0, 0.1) is 0 Å². The number of carboxylic acid groups (broad SMARTS) is 2. The highest BCUT2D eigenvalue weighted by atomic mass is 79.9. The normalized spacial score (nSPS) is 11.1. The molecule has 0 fully saturated rings. The van der Waals surface area contributed by atoms with Crippen LogP contribution in [0.2, 0.25) is 0 Å². The Labute approximate surface area is 366 Å². The van der Waals surface area contributed by atoms with E-state index in [0.717, 1.165) is 28.2 Å². The van der Waals surface area contributed by atoms with Crippen LogP contribution in [0.3, 0.4) is 0 Å². The van der Waals surface area contributed by atoms with Gasteiger partial charge in [-0.1, -0.05) is 187 Å². The lowest BCUT2D eigenvalue weighted by Gasteiger charge is -2.23. The SMILES string of the molecule is CCCCCCCCCCCCCCCC[N+](C)(C)C.CCCCCCCCCCCCCCCC[N+](C)(C)C.O=C(O)CCCCCCCC(=O)O.[Br-].[Br-]. The van der Waals surface area contributed by atoms with E-state index in [-0.39, 0.29) is 46.8 Å². The molecule has 336 valence electrons. The van der Waals surface area contributed by atoms with E-state index in [9.17, 15) is 9.59 Å². The number of quaternary nitrogens is 2. The first-order chi connectivity index (χ1) is 25.2. The molecular formula is C47H100Br2N2O4. The smallest absolute Gasteiger partial charge is 0.303 e. The molecular weight excluding hydrogens is 816 g/mol. The quantitative estimate of drug-likeness (QED) is 0.0484. The minimum Gasteiger partial charge on any atom is -1.00 e. The Morgan fingerprint density at radius 1 is 0.309 bits per heavy atom. The topological polar surface area (TPSA) is 74.6 Å². The second-order valence-electron chi connectivity index (χ2n) is 18.3. The molecule has 0 aliphatic carbocycles. The summed E-state index contributed by atoms with van der Waals surface area (Å²) in [5.74, 6) is -1.52. The Morgan fingerprint density at radius 2 is 0.473 bits per heavy atom. The molecule has 0 saturated heterocycles. The first-order valence-corrected chi connectivity index (χ1v) is 23.3. The molecule has 0 aromatic rings. The van der Waals surface area contributed by atoms with Gasteiger partial charge < -0.3 is 53.1 Å². The van der Waals surface area contributed by atoms with E-state index in [4.69, 9.17) is 10.2 Å². The molecule has 0 radical (unpaired) electrons. The zero-order valence-electron chi connectivity index (χ0n) is 38.5. The summed E-state index contributed by atoms with van der Waals surface area (Å²) in [6.45, 7) is 7.25. The molecule has 0 saturated carbocycles. The van der Waals surface area contributed by atoms with E-state index >= 15 is 0 Å². The number of carbonyl (C=O) groups is 2. The van der Waals surface area contributed by atoms with Crippen LogP contribution in [-0.4, -0.2) is 86.5 Å². The fourth-order valence-corrected chi connectivity index (χ4v) is 6.64. The van der Waals surface area contributed by atoms with Crippen molar-refractivity contribution in [3.8, 4) is 0 Å². The Morgan fingerprint density at radius 3 is 0.636 bits per heavy atom. The van der Waals surface area contributed by atoms with Gasteiger partial charge in [-0.05, 0) is 38.5 Å². The maximum Gasteiger partial charge on any atom is 0.303 e. The lowest BCUT2D eigenvalue weighted by Crippen LogP contribution is -3.00. The first-order valence-electron chi connectivity index (χ1n) is 23.3. The Hall–Kier alpha value is -0.180. The minimum absolute atomic E-state index is 0. The third kappa shape index (κ3) is 75.3. The fourth-order valence-electron chi connectivity index (χ4n) is 6.64. The second kappa shape index (κ2) is 50.0. The van der Waals surface area contributed by atoms with Crippen molar-refractivity contribution in [2.45, 2.75) is 239 Å². The average molecular weight is 917 g/mol. The highest BCUT2D eigenvalue weighted by Gasteiger charge is 2.06. The van der Waals surface area contributed by atoms with Crippen molar-refractivity contribution in [1.82, 2.24) is 0 Å². The number of halogens is 2. The number of rotatable bonds is 38. The summed E-state index contributed by atoms with van der Waals surface area (Å²) in [4.78, 5) is 20.2. The Bertz CT molecular complexity index is 681. The van der Waals surface area contributed by atoms with Crippen LogP contribution in [0.5, 0.6) is 0 Å². The largest absolute Gasteiger partial charge is 1.00 e. The van der Waals surface area contributed by atoms with Crippen LogP contribution in [0.15, 0.2) is 0 Å². The van der Waals surface area contributed by atoms with E-state index in [2.05, 4.69) is 56.1 Å². The number of aliphatic carboxylic acids is 2. The maximum atomic E-state index is 10.1. The summed E-state index contributed by atoms with van der Waals surface area (Å²) in [5, 5.41) is 16.6. The van der Waals surface area contributed by atoms with Gasteiger partial charge in [-0.15, -0.1) is 0 Å². The predicted molar refractivity (Wildman–Crippen MR) is 234 cm³/mol. The van der Waals surface area contributed by atoms with Crippen LogP contribution in [-0.2, 0) is 9.59 Å². The highest BCUT2D eigenvalue weighted by molar-refractivity contribution is 5.66. The maximum absolute atomic E-state index is 10.1. The molecule has 0 atom stereocenters. The van der Waals surface area contributed by atoms with Crippen molar-refractivity contribution in [1.29, 1.82) is 0 Å². The van der Waals surface area contributed by atoms with Crippen molar-refractivity contribution in [3.63, 3.8) is 0 Å². The Kier molecular flexibility index (Phi) is 58.1. The van der Waals surface area contributed by atoms with Gasteiger partial charge in [0.2, 0.25) is 0 Å². The molecule has 0 unspecified atom stereocenters. The molecule has 55 heavy (non-hydrogen) atoms. The summed E-state index contributed by atoms with van der Waals surface area (Å²) < 4.78 is 2.25. The van der Waals surface area contributed by atoms with E-state index in [1.165, 1.54) is 193 Å². The van der Waals surface area contributed by atoms with Crippen LogP contribution >= 0.6 is 0 Å². The fraction of sp³-hybridized carbons (Fsp3) is 0.957. The molecule has 8 heteroatoms. The number of hydrogen-bond acceptors (Lipinski definition) is 2. The molecule has 0 rings (SSSR count). The monoisotopic (exact) mass is 915 g/mol. The van der Waals surface area contributed by atoms with Crippen LogP contribution in [0.1, 0.15) is 239 Å². The number of carboxylic acids is 2. The highest BCUT2D eigenvalue weighted by Crippen LogP contribution is 2.15. The van der Waals surface area contributed by atoms with Crippen LogP contribution in [0.25, 0.3) is 0 Å². The van der Waals surface area contributed by atoms with Crippen molar-refractivity contribution < 1.29 is 62.7 Å². The van der Waals surface area contributed by atoms with Crippen molar-refractivity contribution in [2.24, 2.45) is 0 Å². The van der Waals surface area contributed by atoms with E-state index in [1.54, 1.807) is 0 Å². The summed E-state index contributed by atoms with van der Waals surface area (Å²) in [6, 6.07) is 0. The number of hydrogen-bond donors (Lipinski definition) is 2. The van der Waals surface area contributed by atoms with Crippen LogP contribution in [0.4, 0.5) is 0 Å². The standard InChI is InChI=1S/2C19H42N.C9H16O4.2BrH/c2*1-5-6-7-8-9-10-11-12-13-14-15-16-17-18-19-20(2,3)4;10-8(11)6-4-2-1-3-5-7-9(12)13;;/h2*5-19H2,1-4H3;1-7H2,(H,10,11)(H,12,13);2*1H/q2*+1;;;/p-2. The molecule has 0 spiro atoms. The predicted octanol–water partition coefficient (Wildman–Crippen LogP) is 8.24. The van der Waals surface area contributed by atoms with Gasteiger partial charge >= 0.3 is 11.9 Å². The lowest BCUT2D eigenvalue weighted by atomic mass is 10.0. The molecule has 0 heterocycles. The molecule has 0 amide bonds. The van der Waals surface area contributed by atoms with Crippen molar-refractivity contribution in [2.75, 3.05) is 55.4 Å². The zero-order chi connectivity index (χ0) is 40.3. The van der Waals surface area contributed by atoms with E-state index < -0.39 is 11.9 Å². The zero-order valence-corrected chi connectivity index (χ0v) is 41.7. The number of nitrogens with zero attached hydrogens (tertiary/aromatic N) is 2. The summed E-state index contributed by atoms with van der Waals surface area (Å²) in [5.41, 5.74) is 0. The van der Waals surface area contributed by atoms with Gasteiger partial charge in [-0.2, -0.15) is 0 Å². The van der Waals surface area contributed by atoms with Gasteiger partial charge in [0, 0.05) is 12.8 Å². The second-order valence-corrected chi connectivity index (χ2v) is 18.3. The first kappa shape index (κ1) is 64.0. The van der Waals surface area contributed by atoms with E-state index in [0.29, 0.717) is 12.8 Å². The van der Waals surface area contributed by atoms with Gasteiger partial charge in [-0.25, -0.2) is 0 Å². The summed E-state index contributed by atoms with van der Waals surface area (Å²) in [6.07, 6.45) is 45.3. The third-order valence-electron chi connectivity index (χ3n) is 10.1. The van der Waals surface area contributed by atoms with Crippen LogP contribution < -0.4 is 34.0 Å². The average Bonchev–Trinajstić information content (AvgIpc) is 3.07. The Balaban J connectivity index is -0.000000229. The molecule has 6 nitrogen and oxygen atoms in total. The van der Waals surface area contributed by atoms with Gasteiger partial charge in [-0.3, -0.25) is 9.59 Å².